The largest absolute Gasteiger partial charge is 0.388 e. The van der Waals surface area contributed by atoms with Crippen molar-refractivity contribution in [3.05, 3.63) is 35.4 Å². The van der Waals surface area contributed by atoms with Crippen molar-refractivity contribution in [3.63, 3.8) is 0 Å². The molecule has 2 nitrogen and oxygen atoms in total. The number of aliphatic hydroxyl groups excluding tert-OH is 1. The number of ketones is 1. The second-order valence-electron chi connectivity index (χ2n) is 5.13. The number of carbonyl (C=O) groups is 1. The molecule has 2 rings (SSSR count). The quantitative estimate of drug-likeness (QED) is 0.810. The molecule has 0 amide bonds. The molecule has 0 aliphatic heterocycles. The van der Waals surface area contributed by atoms with Gasteiger partial charge in [-0.3, -0.25) is 4.79 Å². The zero-order chi connectivity index (χ0) is 13.1. The Hall–Kier alpha value is -1.59. The van der Waals surface area contributed by atoms with Crippen LogP contribution in [0.15, 0.2) is 24.3 Å². The van der Waals surface area contributed by atoms with Crippen LogP contribution in [-0.2, 0) is 4.79 Å². The van der Waals surface area contributed by atoms with Gasteiger partial charge in [-0.2, -0.15) is 0 Å². The van der Waals surface area contributed by atoms with E-state index in [9.17, 15) is 9.90 Å². The Morgan fingerprint density at radius 2 is 2.17 bits per heavy atom. The van der Waals surface area contributed by atoms with Crippen molar-refractivity contribution >= 4 is 5.78 Å². The summed E-state index contributed by atoms with van der Waals surface area (Å²) in [6, 6.07) is 7.30. The predicted molar refractivity (Wildman–Crippen MR) is 70.8 cm³/mol. The highest BCUT2D eigenvalue weighted by atomic mass is 16.3. The van der Waals surface area contributed by atoms with E-state index < -0.39 is 6.10 Å². The van der Waals surface area contributed by atoms with Crippen LogP contribution in [0.2, 0.25) is 0 Å². The molecule has 1 aromatic carbocycles. The van der Waals surface area contributed by atoms with E-state index in [0.29, 0.717) is 23.5 Å². The first-order valence-corrected chi connectivity index (χ1v) is 6.39. The molecule has 94 valence electrons. The van der Waals surface area contributed by atoms with Crippen molar-refractivity contribution in [2.45, 2.75) is 32.3 Å². The number of benzene rings is 1. The van der Waals surface area contributed by atoms with Crippen molar-refractivity contribution in [1.29, 1.82) is 0 Å². The van der Waals surface area contributed by atoms with E-state index in [4.69, 9.17) is 6.42 Å². The fourth-order valence-electron chi connectivity index (χ4n) is 2.66. The van der Waals surface area contributed by atoms with Crippen molar-refractivity contribution < 1.29 is 9.90 Å². The summed E-state index contributed by atoms with van der Waals surface area (Å²) in [7, 11) is 0. The summed E-state index contributed by atoms with van der Waals surface area (Å²) < 4.78 is 0. The highest BCUT2D eigenvalue weighted by molar-refractivity contribution is 5.82. The fourth-order valence-corrected chi connectivity index (χ4v) is 2.66. The van der Waals surface area contributed by atoms with Crippen LogP contribution in [0.5, 0.6) is 0 Å². The zero-order valence-electron chi connectivity index (χ0n) is 10.6. The highest BCUT2D eigenvalue weighted by Crippen LogP contribution is 2.35. The van der Waals surface area contributed by atoms with E-state index in [1.165, 1.54) is 0 Å². The SMILES string of the molecule is C#Cc1ccccc1[C@H](O)[C@@H]1C[C@H](C)CCC1=O. The number of Topliss-reactive ketones (excluding diaryl/α,β-unsaturated/α-hetero) is 1. The van der Waals surface area contributed by atoms with Crippen LogP contribution in [-0.4, -0.2) is 10.9 Å². The summed E-state index contributed by atoms with van der Waals surface area (Å²) in [6.45, 7) is 2.12. The number of hydrogen-bond acceptors (Lipinski definition) is 2. The van der Waals surface area contributed by atoms with Crippen LogP contribution in [0.3, 0.4) is 0 Å². The molecule has 0 bridgehead atoms. The number of rotatable bonds is 2. The van der Waals surface area contributed by atoms with E-state index in [-0.39, 0.29) is 11.7 Å². The maximum Gasteiger partial charge on any atom is 0.138 e. The van der Waals surface area contributed by atoms with Gasteiger partial charge < -0.3 is 5.11 Å². The summed E-state index contributed by atoms with van der Waals surface area (Å²) in [5.74, 6) is 2.91. The van der Waals surface area contributed by atoms with Crippen molar-refractivity contribution in [2.75, 3.05) is 0 Å². The van der Waals surface area contributed by atoms with Gasteiger partial charge in [0.25, 0.3) is 0 Å². The van der Waals surface area contributed by atoms with Gasteiger partial charge in [0.15, 0.2) is 0 Å². The van der Waals surface area contributed by atoms with E-state index in [2.05, 4.69) is 12.8 Å². The van der Waals surface area contributed by atoms with Gasteiger partial charge in [0.2, 0.25) is 0 Å². The molecule has 3 atom stereocenters. The van der Waals surface area contributed by atoms with Crippen LogP contribution in [0, 0.1) is 24.2 Å². The average Bonchev–Trinajstić information content (AvgIpc) is 2.40. The summed E-state index contributed by atoms with van der Waals surface area (Å²) in [5.41, 5.74) is 1.38. The predicted octanol–water partition coefficient (Wildman–Crippen LogP) is 2.71. The summed E-state index contributed by atoms with van der Waals surface area (Å²) >= 11 is 0. The highest BCUT2D eigenvalue weighted by Gasteiger charge is 2.33. The summed E-state index contributed by atoms with van der Waals surface area (Å²) in [4.78, 5) is 11.9. The lowest BCUT2D eigenvalue weighted by Crippen LogP contribution is -2.29. The van der Waals surface area contributed by atoms with E-state index >= 15 is 0 Å². The molecule has 2 heteroatoms. The summed E-state index contributed by atoms with van der Waals surface area (Å²) in [5, 5.41) is 10.4. The zero-order valence-corrected chi connectivity index (χ0v) is 10.6. The van der Waals surface area contributed by atoms with Crippen LogP contribution in [0.4, 0.5) is 0 Å². The summed E-state index contributed by atoms with van der Waals surface area (Å²) in [6.07, 6.45) is 6.91. The van der Waals surface area contributed by atoms with Gasteiger partial charge in [-0.25, -0.2) is 0 Å². The molecular formula is C16H18O2. The molecule has 1 saturated carbocycles. The molecule has 0 saturated heterocycles. The van der Waals surface area contributed by atoms with Gasteiger partial charge in [0, 0.05) is 17.9 Å². The molecule has 0 radical (unpaired) electrons. The third kappa shape index (κ3) is 2.47. The Labute approximate surface area is 108 Å². The van der Waals surface area contributed by atoms with E-state index in [1.54, 1.807) is 6.07 Å². The average molecular weight is 242 g/mol. The van der Waals surface area contributed by atoms with Gasteiger partial charge >= 0.3 is 0 Å². The third-order valence-electron chi connectivity index (χ3n) is 3.77. The lowest BCUT2D eigenvalue weighted by molar-refractivity contribution is -0.129. The molecule has 1 N–H and O–H groups in total. The van der Waals surface area contributed by atoms with Gasteiger partial charge in [-0.05, 0) is 30.4 Å². The molecule has 0 heterocycles. The first-order chi connectivity index (χ1) is 8.63. The lowest BCUT2D eigenvalue weighted by Gasteiger charge is -2.29. The molecule has 0 unspecified atom stereocenters. The molecule has 1 fully saturated rings. The Morgan fingerprint density at radius 1 is 1.44 bits per heavy atom. The molecule has 1 aromatic rings. The van der Waals surface area contributed by atoms with E-state index in [1.807, 2.05) is 18.2 Å². The molecule has 0 spiro atoms. The Morgan fingerprint density at radius 3 is 2.89 bits per heavy atom. The van der Waals surface area contributed by atoms with Crippen LogP contribution < -0.4 is 0 Å². The van der Waals surface area contributed by atoms with E-state index in [0.717, 1.165) is 12.8 Å². The van der Waals surface area contributed by atoms with Crippen molar-refractivity contribution in [2.24, 2.45) is 11.8 Å². The van der Waals surface area contributed by atoms with Gasteiger partial charge in [-0.1, -0.05) is 31.0 Å². The third-order valence-corrected chi connectivity index (χ3v) is 3.77. The topological polar surface area (TPSA) is 37.3 Å². The Bertz CT molecular complexity index is 484. The van der Waals surface area contributed by atoms with Crippen LogP contribution >= 0.6 is 0 Å². The second kappa shape index (κ2) is 5.37. The van der Waals surface area contributed by atoms with Crippen LogP contribution in [0.25, 0.3) is 0 Å². The first kappa shape index (κ1) is 12.9. The number of aliphatic hydroxyl groups is 1. The first-order valence-electron chi connectivity index (χ1n) is 6.39. The number of hydrogen-bond donors (Lipinski definition) is 1. The van der Waals surface area contributed by atoms with Gasteiger partial charge in [-0.15, -0.1) is 6.42 Å². The normalized spacial score (nSPS) is 25.5. The monoisotopic (exact) mass is 242 g/mol. The maximum atomic E-state index is 11.9. The number of terminal acetylenes is 1. The van der Waals surface area contributed by atoms with Gasteiger partial charge in [0.05, 0.1) is 6.10 Å². The Balaban J connectivity index is 2.27. The minimum absolute atomic E-state index is 0.160. The molecule has 0 aromatic heterocycles. The fraction of sp³-hybridized carbons (Fsp3) is 0.438. The van der Waals surface area contributed by atoms with Crippen molar-refractivity contribution in [3.8, 4) is 12.3 Å². The van der Waals surface area contributed by atoms with Crippen LogP contribution in [0.1, 0.15) is 43.4 Å². The lowest BCUT2D eigenvalue weighted by atomic mass is 9.76. The standard InChI is InChI=1S/C16H18O2/c1-3-12-6-4-5-7-13(12)16(18)14-10-11(2)8-9-15(14)17/h1,4-7,11,14,16,18H,8-10H2,2H3/t11-,14-,16+/m1/s1. The molecule has 1 aliphatic carbocycles. The molecular weight excluding hydrogens is 224 g/mol. The minimum atomic E-state index is -0.771. The maximum absolute atomic E-state index is 11.9. The molecule has 18 heavy (non-hydrogen) atoms. The smallest absolute Gasteiger partial charge is 0.138 e. The minimum Gasteiger partial charge on any atom is -0.388 e. The Kier molecular flexibility index (Phi) is 3.84. The second-order valence-corrected chi connectivity index (χ2v) is 5.13. The van der Waals surface area contributed by atoms with Crippen molar-refractivity contribution in [1.82, 2.24) is 0 Å². The number of carbonyl (C=O) groups excluding carboxylic acids is 1. The molecule has 1 aliphatic rings. The van der Waals surface area contributed by atoms with Gasteiger partial charge in [0.1, 0.15) is 5.78 Å².